The number of oxazole rings is 1. The molecule has 1 amide bonds. The number of hydrogen-bond donors (Lipinski definition) is 0. The summed E-state index contributed by atoms with van der Waals surface area (Å²) in [6, 6.07) is 0. The Hall–Kier alpha value is -2.44. The molecule has 0 bridgehead atoms. The molecule has 7 nitrogen and oxygen atoms in total. The molecule has 128 valence electrons. The predicted octanol–water partition coefficient (Wildman–Crippen LogP) is 2.09. The van der Waals surface area contributed by atoms with Crippen LogP contribution in [0.3, 0.4) is 0 Å². The number of amides is 1. The lowest BCUT2D eigenvalue weighted by atomic mass is 9.98. The van der Waals surface area contributed by atoms with Crippen LogP contribution in [0.1, 0.15) is 37.1 Å². The Morgan fingerprint density at radius 3 is 3.08 bits per heavy atom. The van der Waals surface area contributed by atoms with Gasteiger partial charge in [-0.25, -0.2) is 4.98 Å². The Morgan fingerprint density at radius 2 is 2.38 bits per heavy atom. The highest BCUT2D eigenvalue weighted by Crippen LogP contribution is 2.19. The molecule has 2 aromatic heterocycles. The second kappa shape index (κ2) is 7.42. The molecule has 0 unspecified atom stereocenters. The van der Waals surface area contributed by atoms with Gasteiger partial charge in [0.25, 0.3) is 0 Å². The van der Waals surface area contributed by atoms with Crippen molar-refractivity contribution < 1.29 is 9.21 Å². The number of piperidine rings is 1. The smallest absolute Gasteiger partial charge is 0.246 e. The minimum Gasteiger partial charge on any atom is -0.442 e. The van der Waals surface area contributed by atoms with E-state index in [4.69, 9.17) is 4.42 Å². The number of aromatic nitrogens is 4. The number of rotatable bonds is 5. The summed E-state index contributed by atoms with van der Waals surface area (Å²) in [6.07, 6.45) is 9.81. The first-order chi connectivity index (χ1) is 11.6. The van der Waals surface area contributed by atoms with Crippen molar-refractivity contribution >= 4 is 12.0 Å². The first kappa shape index (κ1) is 16.4. The zero-order chi connectivity index (χ0) is 16.9. The third-order valence-corrected chi connectivity index (χ3v) is 4.23. The topological polar surface area (TPSA) is 77.0 Å². The summed E-state index contributed by atoms with van der Waals surface area (Å²) in [5, 5.41) is 8.28. The van der Waals surface area contributed by atoms with E-state index in [0.29, 0.717) is 11.8 Å². The highest BCUT2D eigenvalue weighted by atomic mass is 16.3. The summed E-state index contributed by atoms with van der Waals surface area (Å²) in [5.74, 6) is 1.61. The fraction of sp³-hybridized carbons (Fsp3) is 0.529. The van der Waals surface area contributed by atoms with Crippen LogP contribution in [0.15, 0.2) is 22.9 Å². The lowest BCUT2D eigenvalue weighted by Crippen LogP contribution is -2.40. The Kier molecular flexibility index (Phi) is 5.08. The fourth-order valence-corrected chi connectivity index (χ4v) is 2.97. The van der Waals surface area contributed by atoms with Gasteiger partial charge in [0.1, 0.15) is 5.76 Å². The summed E-state index contributed by atoms with van der Waals surface area (Å²) in [7, 11) is 0. The average Bonchev–Trinajstić information content (AvgIpc) is 3.21. The number of nitrogens with zero attached hydrogens (tertiary/aromatic N) is 5. The third-order valence-electron chi connectivity index (χ3n) is 4.23. The van der Waals surface area contributed by atoms with Crippen LogP contribution in [0.25, 0.3) is 6.08 Å². The van der Waals surface area contributed by atoms with Crippen molar-refractivity contribution in [2.45, 2.75) is 39.7 Å². The van der Waals surface area contributed by atoms with E-state index in [1.165, 1.54) is 6.08 Å². The van der Waals surface area contributed by atoms with E-state index in [9.17, 15) is 4.79 Å². The second-order valence-corrected chi connectivity index (χ2v) is 6.22. The van der Waals surface area contributed by atoms with E-state index in [0.717, 1.165) is 50.4 Å². The summed E-state index contributed by atoms with van der Waals surface area (Å²) in [4.78, 5) is 18.3. The first-order valence-electron chi connectivity index (χ1n) is 8.42. The molecule has 3 heterocycles. The molecular formula is C17H23N5O2. The van der Waals surface area contributed by atoms with E-state index >= 15 is 0 Å². The molecular weight excluding hydrogens is 306 g/mol. The largest absolute Gasteiger partial charge is 0.442 e. The van der Waals surface area contributed by atoms with Gasteiger partial charge >= 0.3 is 0 Å². The molecule has 24 heavy (non-hydrogen) atoms. The molecule has 1 fully saturated rings. The zero-order valence-corrected chi connectivity index (χ0v) is 14.2. The molecule has 1 saturated heterocycles. The van der Waals surface area contributed by atoms with Gasteiger partial charge in [0.05, 0.1) is 11.9 Å². The Morgan fingerprint density at radius 1 is 1.50 bits per heavy atom. The van der Waals surface area contributed by atoms with Crippen molar-refractivity contribution in [3.63, 3.8) is 0 Å². The maximum Gasteiger partial charge on any atom is 0.246 e. The third kappa shape index (κ3) is 4.10. The minimum absolute atomic E-state index is 0.00314. The summed E-state index contributed by atoms with van der Waals surface area (Å²) in [6.45, 7) is 6.24. The first-order valence-corrected chi connectivity index (χ1v) is 8.42. The van der Waals surface area contributed by atoms with Crippen LogP contribution < -0.4 is 0 Å². The number of carbonyl (C=O) groups excluding carboxylic acids is 1. The number of aryl methyl sites for hydroxylation is 2. The minimum atomic E-state index is 0.00314. The van der Waals surface area contributed by atoms with Crippen molar-refractivity contribution in [3.8, 4) is 0 Å². The standard InChI is InChI=1S/C17H23N5O2/c1-3-15-12-22(20-19-15)11-14-5-4-8-21(10-14)17(23)7-6-16-18-9-13(2)24-16/h6-7,9,12,14H,3-5,8,10-11H2,1-2H3/b7-6+/t14-/m1/s1. The SMILES string of the molecule is CCc1cn(C[C@@H]2CCCN(C(=O)/C=C/c3ncc(C)o3)C2)nn1. The van der Waals surface area contributed by atoms with Crippen LogP contribution in [0.4, 0.5) is 0 Å². The van der Waals surface area contributed by atoms with Crippen LogP contribution in [0, 0.1) is 12.8 Å². The molecule has 1 atom stereocenters. The number of likely N-dealkylation sites (tertiary alicyclic amines) is 1. The van der Waals surface area contributed by atoms with Crippen LogP contribution in [0.5, 0.6) is 0 Å². The van der Waals surface area contributed by atoms with Gasteiger partial charge in [0, 0.05) is 38.0 Å². The van der Waals surface area contributed by atoms with Crippen LogP contribution in [0.2, 0.25) is 0 Å². The van der Waals surface area contributed by atoms with Gasteiger partial charge in [-0.05, 0) is 32.1 Å². The maximum absolute atomic E-state index is 12.4. The van der Waals surface area contributed by atoms with E-state index in [2.05, 4.69) is 22.2 Å². The molecule has 0 radical (unpaired) electrons. The maximum atomic E-state index is 12.4. The van der Waals surface area contributed by atoms with Gasteiger partial charge in [0.15, 0.2) is 0 Å². The number of carbonyl (C=O) groups is 1. The molecule has 1 aliphatic rings. The summed E-state index contributed by atoms with van der Waals surface area (Å²) >= 11 is 0. The Labute approximate surface area is 141 Å². The van der Waals surface area contributed by atoms with E-state index in [1.807, 2.05) is 22.7 Å². The van der Waals surface area contributed by atoms with Crippen molar-refractivity contribution in [2.24, 2.45) is 5.92 Å². The molecule has 0 spiro atoms. The lowest BCUT2D eigenvalue weighted by Gasteiger charge is -2.31. The highest BCUT2D eigenvalue weighted by Gasteiger charge is 2.23. The monoisotopic (exact) mass is 329 g/mol. The van der Waals surface area contributed by atoms with Gasteiger partial charge in [-0.2, -0.15) is 0 Å². The molecule has 0 N–H and O–H groups in total. The van der Waals surface area contributed by atoms with Crippen molar-refractivity contribution in [3.05, 3.63) is 35.8 Å². The molecule has 0 aliphatic carbocycles. The van der Waals surface area contributed by atoms with Crippen LogP contribution >= 0.6 is 0 Å². The van der Waals surface area contributed by atoms with Gasteiger partial charge in [-0.1, -0.05) is 12.1 Å². The molecule has 0 aromatic carbocycles. The van der Waals surface area contributed by atoms with E-state index < -0.39 is 0 Å². The molecule has 0 saturated carbocycles. The van der Waals surface area contributed by atoms with Crippen molar-refractivity contribution in [1.82, 2.24) is 24.9 Å². The lowest BCUT2D eigenvalue weighted by molar-refractivity contribution is -0.127. The van der Waals surface area contributed by atoms with Gasteiger partial charge < -0.3 is 9.32 Å². The van der Waals surface area contributed by atoms with Crippen molar-refractivity contribution in [1.29, 1.82) is 0 Å². The van der Waals surface area contributed by atoms with Crippen LogP contribution in [-0.4, -0.2) is 43.9 Å². The Bertz CT molecular complexity index is 718. The second-order valence-electron chi connectivity index (χ2n) is 6.22. The fourth-order valence-electron chi connectivity index (χ4n) is 2.97. The van der Waals surface area contributed by atoms with Crippen molar-refractivity contribution in [2.75, 3.05) is 13.1 Å². The summed E-state index contributed by atoms with van der Waals surface area (Å²) < 4.78 is 7.24. The predicted molar refractivity (Wildman–Crippen MR) is 89.0 cm³/mol. The molecule has 2 aromatic rings. The zero-order valence-electron chi connectivity index (χ0n) is 14.2. The van der Waals surface area contributed by atoms with Gasteiger partial charge in [-0.15, -0.1) is 5.10 Å². The highest BCUT2D eigenvalue weighted by molar-refractivity contribution is 5.91. The Balaban J connectivity index is 1.56. The van der Waals surface area contributed by atoms with E-state index in [-0.39, 0.29) is 5.91 Å². The molecule has 3 rings (SSSR count). The summed E-state index contributed by atoms with van der Waals surface area (Å²) in [5.41, 5.74) is 1.00. The average molecular weight is 329 g/mol. The van der Waals surface area contributed by atoms with E-state index in [1.54, 1.807) is 12.3 Å². The quantitative estimate of drug-likeness (QED) is 0.785. The molecule has 7 heteroatoms. The number of hydrogen-bond acceptors (Lipinski definition) is 5. The molecule has 1 aliphatic heterocycles. The van der Waals surface area contributed by atoms with Gasteiger partial charge in [0.2, 0.25) is 11.8 Å². The van der Waals surface area contributed by atoms with Crippen LogP contribution in [-0.2, 0) is 17.8 Å². The van der Waals surface area contributed by atoms with Gasteiger partial charge in [-0.3, -0.25) is 9.48 Å². The normalized spacial score (nSPS) is 18.4.